The van der Waals surface area contributed by atoms with Crippen molar-refractivity contribution in [1.29, 1.82) is 0 Å². The number of hydrogen-bond acceptors (Lipinski definition) is 4. The summed E-state index contributed by atoms with van der Waals surface area (Å²) >= 11 is 0. The Morgan fingerprint density at radius 3 is 2.16 bits per heavy atom. The van der Waals surface area contributed by atoms with E-state index in [9.17, 15) is 15.3 Å². The Balaban J connectivity index is 2.15. The highest BCUT2D eigenvalue weighted by Gasteiger charge is 2.19. The fourth-order valence-corrected chi connectivity index (χ4v) is 2.53. The third-order valence-electron chi connectivity index (χ3n) is 3.77. The molecule has 0 atom stereocenters. The predicted octanol–water partition coefficient (Wildman–Crippen LogP) is -0.187. The van der Waals surface area contributed by atoms with Crippen LogP contribution in [-0.2, 0) is 6.54 Å². The van der Waals surface area contributed by atoms with Crippen LogP contribution in [0.25, 0.3) is 0 Å². The molecule has 0 amide bonds. The van der Waals surface area contributed by atoms with Crippen LogP contribution in [0.4, 0.5) is 0 Å². The van der Waals surface area contributed by atoms with Gasteiger partial charge in [-0.3, -0.25) is 0 Å². The first-order valence-electron chi connectivity index (χ1n) is 6.56. The first-order chi connectivity index (χ1) is 9.02. The summed E-state index contributed by atoms with van der Waals surface area (Å²) in [4.78, 5) is 0. The maximum atomic E-state index is 9.85. The van der Waals surface area contributed by atoms with E-state index in [2.05, 4.69) is 5.32 Å². The van der Waals surface area contributed by atoms with Gasteiger partial charge < -0.3 is 20.6 Å². The van der Waals surface area contributed by atoms with Crippen molar-refractivity contribution in [3.63, 3.8) is 0 Å². The summed E-state index contributed by atoms with van der Waals surface area (Å²) in [5, 5.41) is 32.4. The number of rotatable bonds is 3. The Hall–Kier alpha value is -1.29. The highest BCUT2D eigenvalue weighted by molar-refractivity contribution is 6.43. The van der Waals surface area contributed by atoms with Gasteiger partial charge in [0.15, 0.2) is 11.5 Å². The largest absolute Gasteiger partial charge is 0.509 e. The minimum absolute atomic E-state index is 0.0103. The summed E-state index contributed by atoms with van der Waals surface area (Å²) in [6.07, 6.45) is 5.82. The molecule has 0 spiro atoms. The van der Waals surface area contributed by atoms with Gasteiger partial charge >= 0.3 is 0 Å². The van der Waals surface area contributed by atoms with Gasteiger partial charge in [0.25, 0.3) is 0 Å². The molecule has 0 aliphatic heterocycles. The molecule has 2 rings (SSSR count). The Labute approximate surface area is 115 Å². The van der Waals surface area contributed by atoms with Crippen molar-refractivity contribution >= 4 is 26.6 Å². The Bertz CT molecular complexity index is 444. The van der Waals surface area contributed by atoms with Gasteiger partial charge in [-0.15, -0.1) is 0 Å². The SMILES string of the molecule is [B]c1c(O)c([B])c(CNC2CCCCC2)c(O)c1O. The lowest BCUT2D eigenvalue weighted by molar-refractivity contribution is 0.364. The van der Waals surface area contributed by atoms with Gasteiger partial charge in [0, 0.05) is 18.2 Å². The van der Waals surface area contributed by atoms with E-state index in [1.165, 1.54) is 19.3 Å². The van der Waals surface area contributed by atoms with Crippen LogP contribution >= 0.6 is 0 Å². The van der Waals surface area contributed by atoms with Crippen LogP contribution in [-0.4, -0.2) is 37.1 Å². The standard InChI is InChI=1S/C13H17B2NO3/c14-9-8(6-16-7-4-2-1-3-5-7)11(17)13(19)10(15)12(9)18/h7,16-19H,1-6H2. The Kier molecular flexibility index (Phi) is 4.30. The molecule has 98 valence electrons. The van der Waals surface area contributed by atoms with Crippen molar-refractivity contribution in [2.75, 3.05) is 0 Å². The zero-order chi connectivity index (χ0) is 14.0. The van der Waals surface area contributed by atoms with E-state index in [1.54, 1.807) is 0 Å². The maximum Gasteiger partial charge on any atom is 0.161 e. The predicted molar refractivity (Wildman–Crippen MR) is 75.9 cm³/mol. The van der Waals surface area contributed by atoms with Crippen LogP contribution in [0.3, 0.4) is 0 Å². The topological polar surface area (TPSA) is 72.7 Å². The van der Waals surface area contributed by atoms with E-state index >= 15 is 0 Å². The number of phenolic OH excluding ortho intramolecular Hbond substituents is 3. The molecule has 1 aromatic rings. The van der Waals surface area contributed by atoms with Gasteiger partial charge in [0.05, 0.1) is 0 Å². The lowest BCUT2D eigenvalue weighted by Gasteiger charge is -2.24. The summed E-state index contributed by atoms with van der Waals surface area (Å²) in [6.45, 7) is 0.295. The highest BCUT2D eigenvalue weighted by Crippen LogP contribution is 2.29. The quantitative estimate of drug-likeness (QED) is 0.344. The highest BCUT2D eigenvalue weighted by atomic mass is 16.3. The van der Waals surface area contributed by atoms with Crippen LogP contribution in [0.5, 0.6) is 17.2 Å². The van der Waals surface area contributed by atoms with E-state index in [0.29, 0.717) is 12.6 Å². The number of phenols is 3. The van der Waals surface area contributed by atoms with Crippen LogP contribution in [0, 0.1) is 0 Å². The molecule has 19 heavy (non-hydrogen) atoms. The lowest BCUT2D eigenvalue weighted by Crippen LogP contribution is -2.33. The number of nitrogens with one attached hydrogen (secondary N) is 1. The molecule has 0 bridgehead atoms. The van der Waals surface area contributed by atoms with Gasteiger partial charge in [-0.05, 0) is 23.8 Å². The molecule has 4 N–H and O–H groups in total. The second-order valence-corrected chi connectivity index (χ2v) is 5.07. The van der Waals surface area contributed by atoms with Gasteiger partial charge in [0.2, 0.25) is 0 Å². The molecule has 0 unspecified atom stereocenters. The molecule has 6 heteroatoms. The van der Waals surface area contributed by atoms with Crippen molar-refractivity contribution in [3.8, 4) is 17.2 Å². The zero-order valence-electron chi connectivity index (χ0n) is 10.8. The number of aromatic hydroxyl groups is 3. The molecule has 1 fully saturated rings. The van der Waals surface area contributed by atoms with Crippen LogP contribution < -0.4 is 16.2 Å². The summed E-state index contributed by atoms with van der Waals surface area (Å²) < 4.78 is 0. The van der Waals surface area contributed by atoms with E-state index in [4.69, 9.17) is 15.7 Å². The van der Waals surface area contributed by atoms with Crippen molar-refractivity contribution in [2.24, 2.45) is 0 Å². The van der Waals surface area contributed by atoms with Crippen LogP contribution in [0.1, 0.15) is 37.7 Å². The fraction of sp³-hybridized carbons (Fsp3) is 0.538. The molecule has 4 nitrogen and oxygen atoms in total. The normalized spacial score (nSPS) is 16.6. The average Bonchev–Trinajstić information content (AvgIpc) is 2.44. The van der Waals surface area contributed by atoms with E-state index in [0.717, 1.165) is 12.8 Å². The second kappa shape index (κ2) is 5.78. The summed E-state index contributed by atoms with van der Waals surface area (Å²) in [7, 11) is 11.2. The smallest absolute Gasteiger partial charge is 0.161 e. The molecule has 1 saturated carbocycles. The molecular weight excluding hydrogens is 240 g/mol. The van der Waals surface area contributed by atoms with Crippen LogP contribution in [0.15, 0.2) is 0 Å². The third kappa shape index (κ3) is 2.84. The van der Waals surface area contributed by atoms with E-state index in [1.807, 2.05) is 0 Å². The van der Waals surface area contributed by atoms with Crippen molar-refractivity contribution in [3.05, 3.63) is 5.56 Å². The first kappa shape index (κ1) is 14.1. The maximum absolute atomic E-state index is 9.85. The monoisotopic (exact) mass is 257 g/mol. The fourth-order valence-electron chi connectivity index (χ4n) is 2.53. The Morgan fingerprint density at radius 2 is 1.53 bits per heavy atom. The average molecular weight is 257 g/mol. The number of hydrogen-bond donors (Lipinski definition) is 4. The first-order valence-corrected chi connectivity index (χ1v) is 6.56. The third-order valence-corrected chi connectivity index (χ3v) is 3.77. The second-order valence-electron chi connectivity index (χ2n) is 5.07. The molecule has 1 aliphatic carbocycles. The van der Waals surface area contributed by atoms with Crippen molar-refractivity contribution < 1.29 is 15.3 Å². The summed E-state index contributed by atoms with van der Waals surface area (Å²) in [6, 6.07) is 0.384. The van der Waals surface area contributed by atoms with Gasteiger partial charge in [0.1, 0.15) is 21.4 Å². The minimum Gasteiger partial charge on any atom is -0.509 e. The number of benzene rings is 1. The molecule has 0 saturated heterocycles. The van der Waals surface area contributed by atoms with E-state index in [-0.39, 0.29) is 28.0 Å². The molecule has 1 aromatic carbocycles. The molecule has 0 heterocycles. The lowest BCUT2D eigenvalue weighted by atomic mass is 9.80. The summed E-state index contributed by atoms with van der Waals surface area (Å²) in [5.41, 5.74) is 0.00213. The summed E-state index contributed by atoms with van der Waals surface area (Å²) in [5.74, 6) is -1.26. The van der Waals surface area contributed by atoms with Crippen molar-refractivity contribution in [2.45, 2.75) is 44.7 Å². The molecule has 1 aliphatic rings. The van der Waals surface area contributed by atoms with Gasteiger partial charge in [-0.2, -0.15) is 0 Å². The minimum atomic E-state index is -0.521. The van der Waals surface area contributed by atoms with E-state index < -0.39 is 5.75 Å². The van der Waals surface area contributed by atoms with Crippen molar-refractivity contribution in [1.82, 2.24) is 5.32 Å². The van der Waals surface area contributed by atoms with Crippen LogP contribution in [0.2, 0.25) is 0 Å². The van der Waals surface area contributed by atoms with Gasteiger partial charge in [-0.25, -0.2) is 0 Å². The molecule has 0 aromatic heterocycles. The molecule has 4 radical (unpaired) electrons. The zero-order valence-corrected chi connectivity index (χ0v) is 10.8. The van der Waals surface area contributed by atoms with Gasteiger partial charge in [-0.1, -0.05) is 19.3 Å². The molecular formula is C13H17B2NO3. The Morgan fingerprint density at radius 1 is 0.895 bits per heavy atom.